The van der Waals surface area contributed by atoms with Crippen LogP contribution in [0.1, 0.15) is 22.8 Å². The number of methoxy groups -OCH3 is 2. The molecule has 2 aromatic carbocycles. The van der Waals surface area contributed by atoms with Crippen molar-refractivity contribution in [2.75, 3.05) is 45.4 Å². The van der Waals surface area contributed by atoms with Gasteiger partial charge in [-0.05, 0) is 54.0 Å². The van der Waals surface area contributed by atoms with E-state index in [4.69, 9.17) is 14.2 Å². The normalized spacial score (nSPS) is 29.9. The Balaban J connectivity index is 1.22. The van der Waals surface area contributed by atoms with Crippen molar-refractivity contribution in [2.45, 2.75) is 29.2 Å². The van der Waals surface area contributed by atoms with E-state index in [-0.39, 0.29) is 58.1 Å². The van der Waals surface area contributed by atoms with Gasteiger partial charge < -0.3 is 19.1 Å². The van der Waals surface area contributed by atoms with Gasteiger partial charge in [0.1, 0.15) is 6.54 Å². The molecule has 7 unspecified atom stereocenters. The fourth-order valence-electron chi connectivity index (χ4n) is 8.55. The number of morpholine rings is 1. The number of aromatic nitrogens is 1. The largest absolute Gasteiger partial charge is 0.493 e. The zero-order valence-electron chi connectivity index (χ0n) is 24.9. The molecule has 10 nitrogen and oxygen atoms in total. The van der Waals surface area contributed by atoms with Gasteiger partial charge in [0.2, 0.25) is 17.7 Å². The third-order valence-corrected chi connectivity index (χ3v) is 13.2. The molecule has 8 rings (SSSR count). The summed E-state index contributed by atoms with van der Waals surface area (Å²) < 4.78 is 18.3. The highest BCUT2D eigenvalue weighted by Crippen LogP contribution is 2.69. The Kier molecular flexibility index (Phi) is 7.07. The molecule has 0 radical (unpaired) electrons. The van der Waals surface area contributed by atoms with Gasteiger partial charge in [-0.1, -0.05) is 35.6 Å². The Bertz CT molecular complexity index is 1750. The van der Waals surface area contributed by atoms with E-state index in [1.54, 1.807) is 35.4 Å². The number of para-hydroxylation sites is 1. The van der Waals surface area contributed by atoms with Crippen LogP contribution in [0.3, 0.4) is 0 Å². The molecule has 2 saturated heterocycles. The van der Waals surface area contributed by atoms with Gasteiger partial charge in [-0.15, -0.1) is 11.8 Å². The Morgan fingerprint density at radius 3 is 2.36 bits per heavy atom. The fraction of sp³-hybridized carbons (Fsp3) is 0.455. The maximum absolute atomic E-state index is 14.0. The van der Waals surface area contributed by atoms with E-state index in [1.807, 2.05) is 48.5 Å². The van der Waals surface area contributed by atoms with E-state index < -0.39 is 11.8 Å². The molecule has 4 fully saturated rings. The van der Waals surface area contributed by atoms with Gasteiger partial charge in [-0.25, -0.2) is 0 Å². The maximum Gasteiger partial charge on any atom is 0.308 e. The summed E-state index contributed by atoms with van der Waals surface area (Å²) in [5.41, 5.74) is 1.58. The van der Waals surface area contributed by atoms with Gasteiger partial charge in [0, 0.05) is 29.1 Å². The molecule has 2 saturated carbocycles. The smallest absolute Gasteiger partial charge is 0.308 e. The lowest BCUT2D eigenvalue weighted by atomic mass is 9.68. The van der Waals surface area contributed by atoms with E-state index in [2.05, 4.69) is 0 Å². The van der Waals surface area contributed by atoms with Crippen LogP contribution in [0, 0.1) is 29.6 Å². The molecule has 3 aromatic rings. The lowest BCUT2D eigenvalue weighted by Gasteiger charge is -2.43. The van der Waals surface area contributed by atoms with Crippen molar-refractivity contribution in [3.8, 4) is 11.5 Å². The van der Waals surface area contributed by atoms with Gasteiger partial charge in [-0.2, -0.15) is 0 Å². The van der Waals surface area contributed by atoms with Crippen molar-refractivity contribution in [3.05, 3.63) is 68.6 Å². The van der Waals surface area contributed by atoms with E-state index in [0.717, 1.165) is 21.9 Å². The van der Waals surface area contributed by atoms with Gasteiger partial charge in [-0.3, -0.25) is 28.6 Å². The van der Waals surface area contributed by atoms with Crippen LogP contribution in [0.15, 0.2) is 58.4 Å². The van der Waals surface area contributed by atoms with Crippen molar-refractivity contribution < 1.29 is 28.6 Å². The average Bonchev–Trinajstić information content (AvgIpc) is 3.79. The molecule has 7 atom stereocenters. The summed E-state index contributed by atoms with van der Waals surface area (Å²) in [6.45, 7) is 1.95. The number of amides is 3. The first kappa shape index (κ1) is 28.8. The topological polar surface area (TPSA) is 107 Å². The van der Waals surface area contributed by atoms with E-state index >= 15 is 0 Å². The Morgan fingerprint density at radius 2 is 1.64 bits per heavy atom. The number of nitrogens with zero attached hydrogens (tertiary/aromatic N) is 3. The number of ether oxygens (including phenoxy) is 3. The highest BCUT2D eigenvalue weighted by molar-refractivity contribution is 8.00. The summed E-state index contributed by atoms with van der Waals surface area (Å²) in [7, 11) is 3.19. The summed E-state index contributed by atoms with van der Waals surface area (Å²) in [6.07, 6.45) is 0.785. The highest BCUT2D eigenvalue weighted by atomic mass is 32.2. The molecule has 234 valence electrons. The second-order valence-electron chi connectivity index (χ2n) is 12.3. The molecule has 0 spiro atoms. The number of benzene rings is 2. The number of imide groups is 1. The van der Waals surface area contributed by atoms with Crippen LogP contribution in [-0.4, -0.2) is 73.0 Å². The van der Waals surface area contributed by atoms with E-state index in [9.17, 15) is 19.2 Å². The SMILES string of the molecule is COc1ccc(C2c3sc(=O)n(CC(=O)N4CCOCC4)c3SC3C4CC(C5C(=O)N(c6ccccc6)C(=O)C45)C23)cc1OC. The van der Waals surface area contributed by atoms with Gasteiger partial charge >= 0.3 is 4.87 Å². The van der Waals surface area contributed by atoms with Crippen molar-refractivity contribution in [3.63, 3.8) is 0 Å². The van der Waals surface area contributed by atoms with E-state index in [1.165, 1.54) is 16.2 Å². The van der Waals surface area contributed by atoms with Crippen molar-refractivity contribution in [1.82, 2.24) is 9.47 Å². The third-order valence-electron chi connectivity index (χ3n) is 10.4. The standard InChI is InChI=1S/C33H33N3O7S2/c1-41-21-9-8-17(14-22(21)42-2)24-25-19-15-20(27-26(19)30(38)36(31(27)39)18-6-4-3-5-7-18)28(25)44-32-29(24)45-33(40)35(32)16-23(37)34-10-12-43-13-11-34/h3-9,14,19-20,24-28H,10-13,15-16H2,1-2H3. The Hall–Kier alpha value is -3.61. The van der Waals surface area contributed by atoms with Crippen LogP contribution in [0.5, 0.6) is 11.5 Å². The van der Waals surface area contributed by atoms with Gasteiger partial charge in [0.25, 0.3) is 0 Å². The first-order valence-electron chi connectivity index (χ1n) is 15.3. The number of carbonyl (C=O) groups is 3. The number of carbonyl (C=O) groups excluding carboxylic acids is 3. The van der Waals surface area contributed by atoms with Crippen LogP contribution < -0.4 is 19.2 Å². The summed E-state index contributed by atoms with van der Waals surface area (Å²) >= 11 is 2.82. The second-order valence-corrected chi connectivity index (χ2v) is 14.5. The number of rotatable bonds is 6. The molecule has 2 bridgehead atoms. The summed E-state index contributed by atoms with van der Waals surface area (Å²) in [6, 6.07) is 15.0. The van der Waals surface area contributed by atoms with Crippen LogP contribution in [-0.2, 0) is 25.7 Å². The number of hydrogen-bond acceptors (Lipinski definition) is 9. The molecular formula is C33H33N3O7S2. The number of anilines is 1. The number of thioether (sulfide) groups is 1. The zero-order valence-corrected chi connectivity index (χ0v) is 26.6. The number of fused-ring (bicyclic) bond motifs is 9. The molecule has 3 aliphatic heterocycles. The van der Waals surface area contributed by atoms with Crippen LogP contribution >= 0.6 is 23.1 Å². The lowest BCUT2D eigenvalue weighted by molar-refractivity contribution is -0.136. The molecule has 0 N–H and O–H groups in total. The molecule has 45 heavy (non-hydrogen) atoms. The predicted molar refractivity (Wildman–Crippen MR) is 168 cm³/mol. The first-order chi connectivity index (χ1) is 21.9. The average molecular weight is 648 g/mol. The maximum atomic E-state index is 14.0. The van der Waals surface area contributed by atoms with Crippen molar-refractivity contribution >= 4 is 46.5 Å². The first-order valence-corrected chi connectivity index (χ1v) is 17.0. The van der Waals surface area contributed by atoms with Crippen LogP contribution in [0.4, 0.5) is 5.69 Å². The van der Waals surface area contributed by atoms with Crippen molar-refractivity contribution in [2.24, 2.45) is 29.6 Å². The molecule has 4 heterocycles. The minimum absolute atomic E-state index is 0.00746. The highest BCUT2D eigenvalue weighted by Gasteiger charge is 2.69. The minimum atomic E-state index is -0.393. The number of hydrogen-bond donors (Lipinski definition) is 0. The molecule has 2 aliphatic carbocycles. The van der Waals surface area contributed by atoms with Gasteiger partial charge in [0.05, 0.1) is 50.0 Å². The summed E-state index contributed by atoms with van der Waals surface area (Å²) in [5.74, 6) is -0.148. The molecule has 1 aromatic heterocycles. The summed E-state index contributed by atoms with van der Waals surface area (Å²) in [4.78, 5) is 58.9. The fourth-order valence-corrected chi connectivity index (χ4v) is 11.7. The molecular weight excluding hydrogens is 615 g/mol. The second kappa shape index (κ2) is 11.0. The van der Waals surface area contributed by atoms with Crippen LogP contribution in [0.2, 0.25) is 0 Å². The van der Waals surface area contributed by atoms with Gasteiger partial charge in [0.15, 0.2) is 11.5 Å². The molecule has 5 aliphatic rings. The van der Waals surface area contributed by atoms with Crippen molar-refractivity contribution in [1.29, 1.82) is 0 Å². The third kappa shape index (κ3) is 4.32. The minimum Gasteiger partial charge on any atom is -0.493 e. The monoisotopic (exact) mass is 647 g/mol. The predicted octanol–water partition coefficient (Wildman–Crippen LogP) is 3.46. The van der Waals surface area contributed by atoms with Crippen LogP contribution in [0.25, 0.3) is 0 Å². The lowest BCUT2D eigenvalue weighted by Crippen LogP contribution is -2.44. The summed E-state index contributed by atoms with van der Waals surface area (Å²) in [5, 5.41) is 0.807. The quantitative estimate of drug-likeness (QED) is 0.375. The molecule has 3 amide bonds. The van der Waals surface area contributed by atoms with E-state index in [0.29, 0.717) is 43.5 Å². The Morgan fingerprint density at radius 1 is 0.933 bits per heavy atom. The zero-order chi connectivity index (χ0) is 31.0. The molecule has 12 heteroatoms. The number of thiazole rings is 1. The Labute approximate surface area is 268 Å².